The fourth-order valence-electron chi connectivity index (χ4n) is 4.36. The quantitative estimate of drug-likeness (QED) is 0.561. The first-order valence-electron chi connectivity index (χ1n) is 11.0. The van der Waals surface area contributed by atoms with Crippen LogP contribution in [-0.4, -0.2) is 60.4 Å². The zero-order valence-electron chi connectivity index (χ0n) is 17.7. The van der Waals surface area contributed by atoms with Gasteiger partial charge in [-0.3, -0.25) is 9.78 Å². The predicted octanol–water partition coefficient (Wildman–Crippen LogP) is 2.83. The summed E-state index contributed by atoms with van der Waals surface area (Å²) >= 11 is 1.53. The number of nitrogens with zero attached hydrogens (tertiary/aromatic N) is 3. The normalized spacial score (nSPS) is 20.3. The van der Waals surface area contributed by atoms with Crippen LogP contribution in [0.1, 0.15) is 25.7 Å². The molecule has 164 valence electrons. The van der Waals surface area contributed by atoms with Crippen molar-refractivity contribution in [2.75, 3.05) is 43.5 Å². The van der Waals surface area contributed by atoms with Crippen molar-refractivity contribution in [2.24, 2.45) is 0 Å². The lowest BCUT2D eigenvalue weighted by Crippen LogP contribution is -2.40. The molecule has 1 aromatic carbocycles. The average molecular weight is 441 g/mol. The summed E-state index contributed by atoms with van der Waals surface area (Å²) in [5, 5.41) is 7.68. The fraction of sp³-hybridized carbons (Fsp3) is 0.500. The lowest BCUT2D eigenvalue weighted by atomic mass is 10.1. The number of aromatic amines is 1. The number of hydrogen-bond donors (Lipinski definition) is 3. The van der Waals surface area contributed by atoms with Crippen molar-refractivity contribution < 1.29 is 4.74 Å². The number of piperidine rings is 2. The van der Waals surface area contributed by atoms with Crippen molar-refractivity contribution in [3.63, 3.8) is 0 Å². The minimum Gasteiger partial charge on any atom is -0.381 e. The molecule has 0 radical (unpaired) electrons. The molecule has 2 fully saturated rings. The number of nitrogens with one attached hydrogen (secondary N) is 3. The summed E-state index contributed by atoms with van der Waals surface area (Å²) < 4.78 is 6.55. The van der Waals surface area contributed by atoms with Crippen LogP contribution in [0.2, 0.25) is 0 Å². The van der Waals surface area contributed by atoms with Crippen molar-refractivity contribution in [1.82, 2.24) is 20.3 Å². The van der Waals surface area contributed by atoms with E-state index in [0.29, 0.717) is 22.3 Å². The minimum absolute atomic E-state index is 0.149. The lowest BCUT2D eigenvalue weighted by molar-refractivity contribution is 0.0816. The fourth-order valence-corrected chi connectivity index (χ4v) is 5.37. The molecule has 3 N–H and O–H groups in total. The van der Waals surface area contributed by atoms with E-state index in [0.717, 1.165) is 62.1 Å². The van der Waals surface area contributed by atoms with E-state index in [1.807, 2.05) is 24.3 Å². The van der Waals surface area contributed by atoms with E-state index >= 15 is 0 Å². The van der Waals surface area contributed by atoms with Crippen LogP contribution in [0.4, 0.5) is 11.8 Å². The zero-order chi connectivity index (χ0) is 21.2. The number of fused-ring (bicyclic) bond motifs is 1. The molecule has 0 saturated carbocycles. The highest BCUT2D eigenvalue weighted by Gasteiger charge is 2.25. The number of thiazole rings is 1. The number of methoxy groups -OCH3 is 1. The molecule has 2 aliphatic rings. The van der Waals surface area contributed by atoms with Gasteiger partial charge in [-0.25, -0.2) is 4.98 Å². The second kappa shape index (κ2) is 8.94. The molecule has 2 aromatic heterocycles. The Hall–Kier alpha value is -2.49. The number of para-hydroxylation sites is 1. The van der Waals surface area contributed by atoms with E-state index in [4.69, 9.17) is 14.7 Å². The van der Waals surface area contributed by atoms with Gasteiger partial charge in [0.05, 0.1) is 16.3 Å². The molecule has 8 nitrogen and oxygen atoms in total. The van der Waals surface area contributed by atoms with Gasteiger partial charge >= 0.3 is 0 Å². The Morgan fingerprint density at radius 3 is 2.77 bits per heavy atom. The van der Waals surface area contributed by atoms with Gasteiger partial charge in [-0.1, -0.05) is 12.1 Å². The topological polar surface area (TPSA) is 95.2 Å². The molecule has 9 heteroatoms. The van der Waals surface area contributed by atoms with E-state index in [-0.39, 0.29) is 17.7 Å². The zero-order valence-corrected chi connectivity index (χ0v) is 18.5. The van der Waals surface area contributed by atoms with Gasteiger partial charge in [0.1, 0.15) is 16.4 Å². The third-order valence-electron chi connectivity index (χ3n) is 6.13. The van der Waals surface area contributed by atoms with Crippen molar-refractivity contribution in [3.8, 4) is 10.6 Å². The first-order chi connectivity index (χ1) is 15.2. The van der Waals surface area contributed by atoms with Crippen LogP contribution in [0.3, 0.4) is 0 Å². The summed E-state index contributed by atoms with van der Waals surface area (Å²) in [5.74, 6) is 1.25. The lowest BCUT2D eigenvalue weighted by Gasteiger charge is -2.32. The van der Waals surface area contributed by atoms with Crippen LogP contribution in [0.15, 0.2) is 29.1 Å². The third kappa shape index (κ3) is 4.30. The molecule has 1 atom stereocenters. The Labute approximate surface area is 185 Å². The Morgan fingerprint density at radius 2 is 2.03 bits per heavy atom. The van der Waals surface area contributed by atoms with Gasteiger partial charge in [0.2, 0.25) is 5.95 Å². The molecule has 0 bridgehead atoms. The number of H-pyrrole nitrogens is 1. The Kier molecular flexibility index (Phi) is 5.89. The SMILES string of the molecule is COC1CCN(c2nc(N[C@@H]3CCCNC3)c(-c3nc4ccccc4s3)c(=O)[nH]2)CC1. The molecule has 0 unspecified atom stereocenters. The highest BCUT2D eigenvalue weighted by atomic mass is 32.1. The Balaban J connectivity index is 1.53. The van der Waals surface area contributed by atoms with Crippen molar-refractivity contribution in [3.05, 3.63) is 34.6 Å². The van der Waals surface area contributed by atoms with Crippen LogP contribution >= 0.6 is 11.3 Å². The minimum atomic E-state index is -0.149. The first-order valence-corrected chi connectivity index (χ1v) is 11.8. The standard InChI is InChI=1S/C22H28N6O2S/c1-30-15-8-11-28(12-9-15)22-26-19(24-14-5-4-10-23-13-14)18(20(29)27-22)21-25-16-6-2-3-7-17(16)31-21/h2-3,6-7,14-15,23H,4-5,8-13H2,1H3,(H2,24,26,27,29)/t14-/m1/s1. The Morgan fingerprint density at radius 1 is 1.19 bits per heavy atom. The number of hydrogen-bond acceptors (Lipinski definition) is 8. The molecule has 31 heavy (non-hydrogen) atoms. The maximum atomic E-state index is 13.3. The molecule has 0 aliphatic carbocycles. The molecule has 5 rings (SSSR count). The molecule has 2 aliphatic heterocycles. The number of benzene rings is 1. The van der Waals surface area contributed by atoms with Gasteiger partial charge in [-0.15, -0.1) is 11.3 Å². The summed E-state index contributed by atoms with van der Waals surface area (Å²) in [6.07, 6.45) is 4.28. The molecule has 0 spiro atoms. The van der Waals surface area contributed by atoms with Crippen LogP contribution in [0.5, 0.6) is 0 Å². The average Bonchev–Trinajstić information content (AvgIpc) is 3.23. The summed E-state index contributed by atoms with van der Waals surface area (Å²) in [7, 11) is 1.76. The van der Waals surface area contributed by atoms with Crippen LogP contribution in [0, 0.1) is 0 Å². The van der Waals surface area contributed by atoms with Gasteiger partial charge < -0.3 is 20.3 Å². The highest BCUT2D eigenvalue weighted by molar-refractivity contribution is 7.21. The number of anilines is 2. The van der Waals surface area contributed by atoms with Crippen LogP contribution < -0.4 is 21.1 Å². The summed E-state index contributed by atoms with van der Waals surface area (Å²) in [5.41, 5.74) is 1.28. The van der Waals surface area contributed by atoms with Crippen molar-refractivity contribution in [2.45, 2.75) is 37.8 Å². The van der Waals surface area contributed by atoms with Crippen LogP contribution in [-0.2, 0) is 4.74 Å². The maximum Gasteiger partial charge on any atom is 0.264 e. The molecule has 4 heterocycles. The van der Waals surface area contributed by atoms with E-state index < -0.39 is 0 Å². The summed E-state index contributed by atoms with van der Waals surface area (Å²) in [6, 6.07) is 8.21. The summed E-state index contributed by atoms with van der Waals surface area (Å²) in [6.45, 7) is 3.52. The van der Waals surface area contributed by atoms with Crippen molar-refractivity contribution in [1.29, 1.82) is 0 Å². The number of aromatic nitrogens is 3. The first kappa shape index (κ1) is 20.4. The predicted molar refractivity (Wildman–Crippen MR) is 125 cm³/mol. The molecule has 0 amide bonds. The van der Waals surface area contributed by atoms with Gasteiger partial charge in [0.25, 0.3) is 5.56 Å². The van der Waals surface area contributed by atoms with E-state index in [1.54, 1.807) is 7.11 Å². The van der Waals surface area contributed by atoms with Gasteiger partial charge in [-0.2, -0.15) is 4.98 Å². The highest BCUT2D eigenvalue weighted by Crippen LogP contribution is 2.33. The van der Waals surface area contributed by atoms with Crippen LogP contribution in [0.25, 0.3) is 20.8 Å². The third-order valence-corrected chi connectivity index (χ3v) is 7.18. The Bertz CT molecular complexity index is 1070. The maximum absolute atomic E-state index is 13.3. The van der Waals surface area contributed by atoms with E-state index in [2.05, 4.69) is 20.5 Å². The number of rotatable bonds is 5. The monoisotopic (exact) mass is 440 g/mol. The second-order valence-electron chi connectivity index (χ2n) is 8.21. The van der Waals surface area contributed by atoms with Gasteiger partial charge in [0.15, 0.2) is 0 Å². The summed E-state index contributed by atoms with van der Waals surface area (Å²) in [4.78, 5) is 28.1. The number of ether oxygens (including phenoxy) is 1. The van der Waals surface area contributed by atoms with Crippen molar-refractivity contribution >= 4 is 33.3 Å². The second-order valence-corrected chi connectivity index (χ2v) is 9.24. The molecular weight excluding hydrogens is 412 g/mol. The van der Waals surface area contributed by atoms with Gasteiger partial charge in [0, 0.05) is 32.8 Å². The molecule has 2 saturated heterocycles. The molecule has 3 aromatic rings. The molecular formula is C22H28N6O2S. The van der Waals surface area contributed by atoms with E-state index in [9.17, 15) is 4.79 Å². The van der Waals surface area contributed by atoms with Gasteiger partial charge in [-0.05, 0) is 44.4 Å². The van der Waals surface area contributed by atoms with E-state index in [1.165, 1.54) is 11.3 Å². The largest absolute Gasteiger partial charge is 0.381 e. The smallest absolute Gasteiger partial charge is 0.264 e.